The van der Waals surface area contributed by atoms with Crippen molar-refractivity contribution in [1.29, 1.82) is 0 Å². The van der Waals surface area contributed by atoms with Crippen molar-refractivity contribution < 1.29 is 28.6 Å². The molecule has 1 saturated heterocycles. The lowest BCUT2D eigenvalue weighted by molar-refractivity contribution is -0.130. The number of fused-ring (bicyclic) bond motifs is 1. The molecule has 2 amide bonds. The molecule has 174 valence electrons. The van der Waals surface area contributed by atoms with E-state index in [0.717, 1.165) is 29.5 Å². The SMILES string of the molecule is COc1ccc(CN(C[C@H]2CN(c3ccc4c(c3)CCCC4=O)C(=O)O2)C(C)=O)c(OC)c1. The summed E-state index contributed by atoms with van der Waals surface area (Å²) in [4.78, 5) is 40.2. The van der Waals surface area contributed by atoms with Crippen molar-refractivity contribution in [2.45, 2.75) is 38.8 Å². The smallest absolute Gasteiger partial charge is 0.414 e. The lowest BCUT2D eigenvalue weighted by Gasteiger charge is -2.24. The monoisotopic (exact) mass is 452 g/mol. The van der Waals surface area contributed by atoms with E-state index < -0.39 is 12.2 Å². The van der Waals surface area contributed by atoms with Crippen LogP contribution in [0.3, 0.4) is 0 Å². The summed E-state index contributed by atoms with van der Waals surface area (Å²) in [6, 6.07) is 10.9. The first-order valence-electron chi connectivity index (χ1n) is 11.0. The zero-order valence-corrected chi connectivity index (χ0v) is 19.1. The Morgan fingerprint density at radius 1 is 1.12 bits per heavy atom. The third-order valence-corrected chi connectivity index (χ3v) is 6.15. The van der Waals surface area contributed by atoms with Gasteiger partial charge in [0, 0.05) is 42.8 Å². The van der Waals surface area contributed by atoms with Gasteiger partial charge in [-0.3, -0.25) is 14.5 Å². The van der Waals surface area contributed by atoms with Gasteiger partial charge < -0.3 is 19.1 Å². The molecule has 1 fully saturated rings. The molecule has 0 aromatic heterocycles. The van der Waals surface area contributed by atoms with Crippen LogP contribution < -0.4 is 14.4 Å². The highest BCUT2D eigenvalue weighted by Crippen LogP contribution is 2.30. The molecule has 33 heavy (non-hydrogen) atoms. The van der Waals surface area contributed by atoms with Crippen LogP contribution in [-0.2, 0) is 22.5 Å². The van der Waals surface area contributed by atoms with E-state index in [1.165, 1.54) is 6.92 Å². The molecule has 2 aliphatic rings. The summed E-state index contributed by atoms with van der Waals surface area (Å²) >= 11 is 0. The van der Waals surface area contributed by atoms with Crippen molar-refractivity contribution in [2.75, 3.05) is 32.2 Å². The van der Waals surface area contributed by atoms with E-state index >= 15 is 0 Å². The van der Waals surface area contributed by atoms with E-state index in [2.05, 4.69) is 0 Å². The van der Waals surface area contributed by atoms with Crippen molar-refractivity contribution in [3.8, 4) is 11.5 Å². The molecule has 2 aromatic rings. The fourth-order valence-electron chi connectivity index (χ4n) is 4.37. The van der Waals surface area contributed by atoms with Crippen LogP contribution >= 0.6 is 0 Å². The molecule has 1 aliphatic carbocycles. The van der Waals surface area contributed by atoms with Crippen molar-refractivity contribution in [3.63, 3.8) is 0 Å². The standard InChI is InChI=1S/C25H28N2O6/c1-16(28)26(13-18-7-9-20(31-2)12-24(18)32-3)14-21-15-27(25(30)33-21)19-8-10-22-17(11-19)5-4-6-23(22)29/h7-12,21H,4-6,13-15H2,1-3H3/t21-/m0/s1. The van der Waals surface area contributed by atoms with Crippen LogP contribution in [0.1, 0.15) is 41.3 Å². The molecule has 0 saturated carbocycles. The summed E-state index contributed by atoms with van der Waals surface area (Å²) in [5.74, 6) is 1.30. The topological polar surface area (TPSA) is 85.4 Å². The van der Waals surface area contributed by atoms with Gasteiger partial charge in [-0.15, -0.1) is 0 Å². The van der Waals surface area contributed by atoms with Gasteiger partial charge in [-0.2, -0.15) is 0 Å². The van der Waals surface area contributed by atoms with Gasteiger partial charge in [0.05, 0.1) is 27.3 Å². The Morgan fingerprint density at radius 2 is 1.94 bits per heavy atom. The van der Waals surface area contributed by atoms with Crippen molar-refractivity contribution in [3.05, 3.63) is 53.1 Å². The maximum atomic E-state index is 12.6. The highest BCUT2D eigenvalue weighted by atomic mass is 16.6. The number of benzene rings is 2. The fourth-order valence-corrected chi connectivity index (χ4v) is 4.37. The van der Waals surface area contributed by atoms with Crippen molar-refractivity contribution in [2.24, 2.45) is 0 Å². The predicted molar refractivity (Wildman–Crippen MR) is 122 cm³/mol. The molecule has 0 bridgehead atoms. The molecule has 8 heteroatoms. The van der Waals surface area contributed by atoms with Crippen LogP contribution in [0.25, 0.3) is 0 Å². The number of hydrogen-bond donors (Lipinski definition) is 0. The van der Waals surface area contributed by atoms with Crippen LogP contribution in [0.5, 0.6) is 11.5 Å². The molecular formula is C25H28N2O6. The Morgan fingerprint density at radius 3 is 2.67 bits per heavy atom. The first-order chi connectivity index (χ1) is 15.9. The molecule has 0 unspecified atom stereocenters. The number of ether oxygens (including phenoxy) is 3. The molecular weight excluding hydrogens is 424 g/mol. The number of rotatable bonds is 7. The lowest BCUT2D eigenvalue weighted by Crippen LogP contribution is -2.37. The lowest BCUT2D eigenvalue weighted by atomic mass is 9.90. The van der Waals surface area contributed by atoms with Gasteiger partial charge in [0.2, 0.25) is 5.91 Å². The number of hydrogen-bond acceptors (Lipinski definition) is 6. The molecule has 0 N–H and O–H groups in total. The van der Waals surface area contributed by atoms with E-state index in [-0.39, 0.29) is 18.2 Å². The zero-order valence-electron chi connectivity index (χ0n) is 19.1. The second-order valence-electron chi connectivity index (χ2n) is 8.31. The number of anilines is 1. The van der Waals surface area contributed by atoms with Gasteiger partial charge in [0.1, 0.15) is 17.6 Å². The third-order valence-electron chi connectivity index (χ3n) is 6.15. The van der Waals surface area contributed by atoms with E-state index in [1.807, 2.05) is 18.2 Å². The first kappa shape index (κ1) is 22.6. The number of nitrogens with zero attached hydrogens (tertiary/aromatic N) is 2. The third kappa shape index (κ3) is 4.79. The van der Waals surface area contributed by atoms with Gasteiger partial charge in [-0.05, 0) is 48.7 Å². The molecule has 2 aromatic carbocycles. The number of methoxy groups -OCH3 is 2. The predicted octanol–water partition coefficient (Wildman–Crippen LogP) is 3.60. The van der Waals surface area contributed by atoms with Crippen LogP contribution in [0, 0.1) is 0 Å². The Hall–Kier alpha value is -3.55. The molecule has 4 rings (SSSR count). The number of amides is 2. The van der Waals surface area contributed by atoms with E-state index in [1.54, 1.807) is 42.2 Å². The number of aryl methyl sites for hydroxylation is 1. The number of ketones is 1. The highest BCUT2D eigenvalue weighted by molar-refractivity contribution is 5.99. The number of Topliss-reactive ketones (excluding diaryl/α,β-unsaturated/α-hetero) is 1. The Bertz CT molecular complexity index is 1080. The molecule has 1 aliphatic heterocycles. The van der Waals surface area contributed by atoms with Crippen LogP contribution in [0.15, 0.2) is 36.4 Å². The molecule has 1 atom stereocenters. The number of cyclic esters (lactones) is 1. The zero-order chi connectivity index (χ0) is 23.5. The summed E-state index contributed by atoms with van der Waals surface area (Å²) in [6.45, 7) is 2.40. The van der Waals surface area contributed by atoms with Crippen LogP contribution in [-0.4, -0.2) is 56.1 Å². The maximum absolute atomic E-state index is 12.6. The summed E-state index contributed by atoms with van der Waals surface area (Å²) in [6.07, 6.45) is 1.30. The van der Waals surface area contributed by atoms with Gasteiger partial charge >= 0.3 is 6.09 Å². The quantitative estimate of drug-likeness (QED) is 0.638. The van der Waals surface area contributed by atoms with Gasteiger partial charge in [0.25, 0.3) is 0 Å². The normalized spacial score (nSPS) is 17.4. The van der Waals surface area contributed by atoms with E-state index in [4.69, 9.17) is 14.2 Å². The Labute approximate surface area is 193 Å². The van der Waals surface area contributed by atoms with Gasteiger partial charge in [-0.25, -0.2) is 4.79 Å². The molecule has 0 radical (unpaired) electrons. The maximum Gasteiger partial charge on any atom is 0.414 e. The minimum absolute atomic E-state index is 0.130. The molecule has 0 spiro atoms. The summed E-state index contributed by atoms with van der Waals surface area (Å²) in [7, 11) is 3.15. The highest BCUT2D eigenvalue weighted by Gasteiger charge is 2.34. The fraction of sp³-hybridized carbons (Fsp3) is 0.400. The minimum atomic E-state index is -0.469. The number of carbonyl (C=O) groups excluding carboxylic acids is 3. The molecule has 8 nitrogen and oxygen atoms in total. The van der Waals surface area contributed by atoms with Crippen LogP contribution in [0.4, 0.5) is 10.5 Å². The Kier molecular flexibility index (Phi) is 6.53. The number of carbonyl (C=O) groups is 3. The largest absolute Gasteiger partial charge is 0.497 e. The van der Waals surface area contributed by atoms with Crippen molar-refractivity contribution in [1.82, 2.24) is 4.90 Å². The first-order valence-corrected chi connectivity index (χ1v) is 11.0. The van der Waals surface area contributed by atoms with Crippen molar-refractivity contribution >= 4 is 23.5 Å². The second kappa shape index (κ2) is 9.52. The van der Waals surface area contributed by atoms with E-state index in [9.17, 15) is 14.4 Å². The summed E-state index contributed by atoms with van der Waals surface area (Å²) < 4.78 is 16.3. The summed E-state index contributed by atoms with van der Waals surface area (Å²) in [5, 5.41) is 0. The summed E-state index contributed by atoms with van der Waals surface area (Å²) in [5.41, 5.74) is 3.25. The minimum Gasteiger partial charge on any atom is -0.497 e. The van der Waals surface area contributed by atoms with Crippen LogP contribution in [0.2, 0.25) is 0 Å². The molecule has 1 heterocycles. The Balaban J connectivity index is 1.47. The second-order valence-corrected chi connectivity index (χ2v) is 8.31. The van der Waals surface area contributed by atoms with E-state index in [0.29, 0.717) is 36.7 Å². The average Bonchev–Trinajstić information content (AvgIpc) is 3.18. The van der Waals surface area contributed by atoms with Gasteiger partial charge in [-0.1, -0.05) is 0 Å². The average molecular weight is 453 g/mol. The van der Waals surface area contributed by atoms with Gasteiger partial charge in [0.15, 0.2) is 5.78 Å².